The average Bonchev–Trinajstić information content (AvgIpc) is 2.92. The van der Waals surface area contributed by atoms with Crippen LogP contribution < -0.4 is 0 Å². The zero-order chi connectivity index (χ0) is 18.5. The predicted octanol–water partition coefficient (Wildman–Crippen LogP) is 4.12. The molecule has 3 atom stereocenters. The summed E-state index contributed by atoms with van der Waals surface area (Å²) >= 11 is 0. The number of unbranched alkanes of at least 4 members (excludes halogenated alkanes) is 4. The van der Waals surface area contributed by atoms with Gasteiger partial charge in [0.05, 0.1) is 12.5 Å². The van der Waals surface area contributed by atoms with Crippen molar-refractivity contribution in [3.63, 3.8) is 0 Å². The van der Waals surface area contributed by atoms with Gasteiger partial charge in [0.25, 0.3) is 0 Å². The maximum Gasteiger partial charge on any atom is 0.304 e. The normalized spacial score (nSPS) is 22.7. The summed E-state index contributed by atoms with van der Waals surface area (Å²) in [6.07, 6.45) is 12.1. The minimum absolute atomic E-state index is 0.0472. The molecule has 0 bridgehead atoms. The van der Waals surface area contributed by atoms with Crippen molar-refractivity contribution in [2.45, 2.75) is 83.7 Å². The first-order valence-electron chi connectivity index (χ1n) is 9.61. The van der Waals surface area contributed by atoms with Gasteiger partial charge in [-0.3, -0.25) is 9.59 Å². The second-order valence-electron chi connectivity index (χ2n) is 6.91. The zero-order valence-corrected chi connectivity index (χ0v) is 15.4. The van der Waals surface area contributed by atoms with Crippen molar-refractivity contribution < 1.29 is 19.8 Å². The molecular formula is C21H32O4. The van der Waals surface area contributed by atoms with Gasteiger partial charge in [-0.2, -0.15) is 0 Å². The fourth-order valence-corrected chi connectivity index (χ4v) is 3.27. The lowest BCUT2D eigenvalue weighted by Gasteiger charge is -2.16. The Morgan fingerprint density at radius 1 is 1.08 bits per heavy atom. The summed E-state index contributed by atoms with van der Waals surface area (Å²) in [5, 5.41) is 18.7. The molecule has 2 N–H and O–H groups in total. The summed E-state index contributed by atoms with van der Waals surface area (Å²) in [5.41, 5.74) is 0. The van der Waals surface area contributed by atoms with Gasteiger partial charge in [0.1, 0.15) is 0 Å². The van der Waals surface area contributed by atoms with Crippen LogP contribution in [0.5, 0.6) is 0 Å². The molecule has 0 aromatic carbocycles. The van der Waals surface area contributed by atoms with E-state index in [2.05, 4.69) is 18.8 Å². The van der Waals surface area contributed by atoms with Crippen molar-refractivity contribution in [1.82, 2.24) is 0 Å². The molecular weight excluding hydrogens is 316 g/mol. The molecule has 0 aromatic rings. The van der Waals surface area contributed by atoms with Crippen LogP contribution >= 0.6 is 0 Å². The minimum atomic E-state index is -0.843. The summed E-state index contributed by atoms with van der Waals surface area (Å²) in [6, 6.07) is 0. The predicted molar refractivity (Wildman–Crippen MR) is 99.0 cm³/mol. The van der Waals surface area contributed by atoms with Crippen LogP contribution in [0, 0.1) is 23.7 Å². The first kappa shape index (κ1) is 21.4. The molecule has 0 radical (unpaired) electrons. The van der Waals surface area contributed by atoms with E-state index in [1.807, 2.05) is 6.08 Å². The second-order valence-corrected chi connectivity index (χ2v) is 6.91. The number of carboxylic acid groups (broad SMARTS) is 1. The Bertz CT molecular complexity index is 498. The highest BCUT2D eigenvalue weighted by Gasteiger charge is 2.32. The molecule has 140 valence electrons. The molecule has 4 heteroatoms. The van der Waals surface area contributed by atoms with Crippen LogP contribution in [0.3, 0.4) is 0 Å². The molecule has 0 aromatic heterocycles. The number of carboxylic acids is 1. The Kier molecular flexibility index (Phi) is 10.9. The van der Waals surface area contributed by atoms with Crippen molar-refractivity contribution in [3.05, 3.63) is 12.2 Å². The highest BCUT2D eigenvalue weighted by atomic mass is 16.4. The summed E-state index contributed by atoms with van der Waals surface area (Å²) in [6.45, 7) is 2.18. The van der Waals surface area contributed by atoms with Gasteiger partial charge >= 0.3 is 5.97 Å². The van der Waals surface area contributed by atoms with E-state index in [1.165, 1.54) is 19.3 Å². The van der Waals surface area contributed by atoms with E-state index in [0.717, 1.165) is 25.7 Å². The molecule has 0 saturated heterocycles. The lowest BCUT2D eigenvalue weighted by molar-refractivity contribution is -0.136. The fraction of sp³-hybridized carbons (Fsp3) is 0.714. The van der Waals surface area contributed by atoms with E-state index < -0.39 is 5.97 Å². The molecule has 1 saturated carbocycles. The third-order valence-corrected chi connectivity index (χ3v) is 4.82. The molecule has 0 heterocycles. The number of aliphatic hydroxyl groups is 1. The Morgan fingerprint density at radius 2 is 1.84 bits per heavy atom. The van der Waals surface area contributed by atoms with Crippen molar-refractivity contribution in [3.8, 4) is 11.8 Å². The number of aliphatic hydroxyl groups excluding tert-OH is 1. The third-order valence-electron chi connectivity index (χ3n) is 4.82. The van der Waals surface area contributed by atoms with E-state index in [9.17, 15) is 14.7 Å². The van der Waals surface area contributed by atoms with Gasteiger partial charge in [-0.05, 0) is 31.3 Å². The molecule has 3 unspecified atom stereocenters. The highest BCUT2D eigenvalue weighted by molar-refractivity contribution is 5.89. The molecule has 1 fully saturated rings. The SMILES string of the molecule is CCCCCCCC(=O)/C=C/C1CCC(O)C1CC#CCCC(=O)O. The highest BCUT2D eigenvalue weighted by Crippen LogP contribution is 2.35. The first-order valence-corrected chi connectivity index (χ1v) is 9.61. The van der Waals surface area contributed by atoms with Crippen molar-refractivity contribution >= 4 is 11.8 Å². The molecule has 0 aliphatic heterocycles. The number of hydrogen-bond donors (Lipinski definition) is 2. The standard InChI is InChI=1S/C21H32O4/c1-2-3-4-5-7-10-18(22)15-13-17-14-16-20(23)19(17)11-8-6-9-12-21(24)25/h13,15,17,19-20,23H,2-5,7,9-12,14,16H2,1H3,(H,24,25)/b15-13+. The van der Waals surface area contributed by atoms with Gasteiger partial charge in [0.2, 0.25) is 0 Å². The molecule has 1 aliphatic carbocycles. The zero-order valence-electron chi connectivity index (χ0n) is 15.4. The number of allylic oxidation sites excluding steroid dienone is 2. The Hall–Kier alpha value is -1.60. The summed E-state index contributed by atoms with van der Waals surface area (Å²) in [7, 11) is 0. The summed E-state index contributed by atoms with van der Waals surface area (Å²) in [5.74, 6) is 5.42. The van der Waals surface area contributed by atoms with Gasteiger partial charge in [0, 0.05) is 25.2 Å². The fourth-order valence-electron chi connectivity index (χ4n) is 3.27. The maximum absolute atomic E-state index is 12.0. The van der Waals surface area contributed by atoms with Crippen LogP contribution in [0.1, 0.15) is 77.6 Å². The Balaban J connectivity index is 2.36. The van der Waals surface area contributed by atoms with E-state index in [1.54, 1.807) is 6.08 Å². The number of carbonyl (C=O) groups excluding carboxylic acids is 1. The summed E-state index contributed by atoms with van der Waals surface area (Å²) in [4.78, 5) is 22.4. The molecule has 1 rings (SSSR count). The number of ketones is 1. The first-order chi connectivity index (χ1) is 12.0. The van der Waals surface area contributed by atoms with Gasteiger partial charge in [0.15, 0.2) is 5.78 Å². The van der Waals surface area contributed by atoms with E-state index in [-0.39, 0.29) is 30.1 Å². The topological polar surface area (TPSA) is 74.6 Å². The van der Waals surface area contributed by atoms with E-state index in [4.69, 9.17) is 5.11 Å². The van der Waals surface area contributed by atoms with Crippen LogP contribution in [0.25, 0.3) is 0 Å². The Morgan fingerprint density at radius 3 is 2.56 bits per heavy atom. The molecule has 0 amide bonds. The lowest BCUT2D eigenvalue weighted by Crippen LogP contribution is -2.17. The van der Waals surface area contributed by atoms with Gasteiger partial charge in [-0.15, -0.1) is 11.8 Å². The van der Waals surface area contributed by atoms with Crippen molar-refractivity contribution in [1.29, 1.82) is 0 Å². The van der Waals surface area contributed by atoms with Gasteiger partial charge in [-0.1, -0.05) is 38.7 Å². The monoisotopic (exact) mass is 348 g/mol. The number of rotatable bonds is 11. The Labute approximate surface area is 151 Å². The number of hydrogen-bond acceptors (Lipinski definition) is 3. The number of carbonyl (C=O) groups is 2. The second kappa shape index (κ2) is 12.7. The van der Waals surface area contributed by atoms with Crippen LogP contribution in [0.2, 0.25) is 0 Å². The van der Waals surface area contributed by atoms with Gasteiger partial charge in [-0.25, -0.2) is 0 Å². The quantitative estimate of drug-likeness (QED) is 0.335. The maximum atomic E-state index is 12.0. The lowest BCUT2D eigenvalue weighted by atomic mass is 9.91. The smallest absolute Gasteiger partial charge is 0.304 e. The van der Waals surface area contributed by atoms with Crippen LogP contribution in [-0.4, -0.2) is 28.1 Å². The molecule has 0 spiro atoms. The average molecular weight is 348 g/mol. The molecule has 4 nitrogen and oxygen atoms in total. The number of aliphatic carboxylic acids is 1. The van der Waals surface area contributed by atoms with Crippen LogP contribution in [0.4, 0.5) is 0 Å². The van der Waals surface area contributed by atoms with Crippen LogP contribution in [0.15, 0.2) is 12.2 Å². The largest absolute Gasteiger partial charge is 0.481 e. The molecule has 1 aliphatic rings. The third kappa shape index (κ3) is 9.45. The minimum Gasteiger partial charge on any atom is -0.481 e. The van der Waals surface area contributed by atoms with Crippen LogP contribution in [-0.2, 0) is 9.59 Å². The summed E-state index contributed by atoms with van der Waals surface area (Å²) < 4.78 is 0. The van der Waals surface area contributed by atoms with Crippen molar-refractivity contribution in [2.75, 3.05) is 0 Å². The molecule has 25 heavy (non-hydrogen) atoms. The van der Waals surface area contributed by atoms with Crippen molar-refractivity contribution in [2.24, 2.45) is 11.8 Å². The van der Waals surface area contributed by atoms with E-state index in [0.29, 0.717) is 19.3 Å². The van der Waals surface area contributed by atoms with E-state index >= 15 is 0 Å². The van der Waals surface area contributed by atoms with Gasteiger partial charge < -0.3 is 10.2 Å².